The minimum absolute atomic E-state index is 0.0352. The van der Waals surface area contributed by atoms with Crippen molar-refractivity contribution in [2.75, 3.05) is 0 Å². The van der Waals surface area contributed by atoms with Gasteiger partial charge in [0.25, 0.3) is 5.91 Å². The number of thiophene rings is 1. The van der Waals surface area contributed by atoms with Crippen LogP contribution >= 0.6 is 11.3 Å². The van der Waals surface area contributed by atoms with Crippen LogP contribution in [0.15, 0.2) is 54.6 Å². The van der Waals surface area contributed by atoms with E-state index in [1.807, 2.05) is 36.4 Å². The Kier molecular flexibility index (Phi) is 3.99. The highest BCUT2D eigenvalue weighted by molar-refractivity contribution is 7.20. The van der Waals surface area contributed by atoms with Crippen LogP contribution in [0.3, 0.4) is 0 Å². The van der Waals surface area contributed by atoms with Gasteiger partial charge in [-0.2, -0.15) is 0 Å². The average molecular weight is 325 g/mol. The lowest BCUT2D eigenvalue weighted by Gasteiger charge is -2.16. The van der Waals surface area contributed by atoms with E-state index in [4.69, 9.17) is 21.6 Å². The molecule has 2 aromatic carbocycles. The third kappa shape index (κ3) is 3.17. The number of primary amides is 1. The molecule has 0 bridgehead atoms. The smallest absolute Gasteiger partial charge is 0.263 e. The summed E-state index contributed by atoms with van der Waals surface area (Å²) in [5, 5.41) is 8.47. The highest BCUT2D eigenvalue weighted by Gasteiger charge is 2.19. The first-order valence-corrected chi connectivity index (χ1v) is 7.75. The van der Waals surface area contributed by atoms with Crippen molar-refractivity contribution >= 4 is 33.2 Å². The topological polar surface area (TPSA) is 102 Å². The van der Waals surface area contributed by atoms with Crippen molar-refractivity contribution in [3.63, 3.8) is 0 Å². The predicted molar refractivity (Wildman–Crippen MR) is 91.8 cm³/mol. The van der Waals surface area contributed by atoms with E-state index in [-0.39, 0.29) is 5.84 Å². The number of hydrogen-bond acceptors (Lipinski definition) is 4. The number of fused-ring (bicyclic) bond motifs is 1. The number of nitrogens with one attached hydrogen (secondary N) is 1. The lowest BCUT2D eigenvalue weighted by molar-refractivity contribution is -0.125. The van der Waals surface area contributed by atoms with Gasteiger partial charge in [-0.25, -0.2) is 0 Å². The molecule has 1 aromatic heterocycles. The fourth-order valence-corrected chi connectivity index (χ4v) is 3.22. The summed E-state index contributed by atoms with van der Waals surface area (Å²) in [6.45, 7) is 0. The highest BCUT2D eigenvalue weighted by Crippen LogP contribution is 2.31. The average Bonchev–Trinajstić information content (AvgIpc) is 2.96. The quantitative estimate of drug-likeness (QED) is 0.496. The number of rotatable bonds is 5. The molecule has 0 saturated carbocycles. The van der Waals surface area contributed by atoms with Crippen LogP contribution in [0.25, 0.3) is 10.1 Å². The van der Waals surface area contributed by atoms with E-state index in [2.05, 4.69) is 0 Å². The molecule has 3 aromatic rings. The second-order valence-corrected chi connectivity index (χ2v) is 6.12. The van der Waals surface area contributed by atoms with Crippen LogP contribution in [0.4, 0.5) is 0 Å². The first-order chi connectivity index (χ1) is 11.0. The van der Waals surface area contributed by atoms with Crippen LogP contribution < -0.4 is 16.2 Å². The number of hydrogen-bond donors (Lipinski definition) is 3. The van der Waals surface area contributed by atoms with E-state index >= 15 is 0 Å². The van der Waals surface area contributed by atoms with E-state index in [9.17, 15) is 4.79 Å². The zero-order valence-corrected chi connectivity index (χ0v) is 13.0. The Balaban J connectivity index is 1.92. The molecule has 0 fully saturated rings. The van der Waals surface area contributed by atoms with E-state index in [0.717, 1.165) is 10.1 Å². The molecular weight excluding hydrogens is 310 g/mol. The van der Waals surface area contributed by atoms with Gasteiger partial charge in [0.2, 0.25) is 6.10 Å². The molecule has 0 aliphatic carbocycles. The third-order valence-corrected chi connectivity index (χ3v) is 4.50. The van der Waals surface area contributed by atoms with Crippen molar-refractivity contribution in [1.82, 2.24) is 0 Å². The van der Waals surface area contributed by atoms with Crippen molar-refractivity contribution < 1.29 is 9.53 Å². The molecule has 1 amide bonds. The SMILES string of the molecule is N=C(N)c1cc2ccc(OC(C(N)=O)c3ccccc3)cc2s1. The lowest BCUT2D eigenvalue weighted by Crippen LogP contribution is -2.26. The maximum atomic E-state index is 11.7. The molecular formula is C17H15N3O2S. The molecule has 3 rings (SSSR count). The Morgan fingerprint density at radius 3 is 2.48 bits per heavy atom. The van der Waals surface area contributed by atoms with E-state index < -0.39 is 12.0 Å². The van der Waals surface area contributed by atoms with Crippen LogP contribution in [-0.2, 0) is 4.79 Å². The standard InChI is InChI=1S/C17H15N3O2S/c18-16(19)14-8-11-6-7-12(9-13(11)23-14)22-15(17(20)21)10-4-2-1-3-5-10/h1-9,15H,(H3,18,19)(H2,20,21). The van der Waals surface area contributed by atoms with Crippen molar-refractivity contribution in [1.29, 1.82) is 5.41 Å². The zero-order chi connectivity index (χ0) is 16.4. The molecule has 0 saturated heterocycles. The van der Waals surface area contributed by atoms with Crippen molar-refractivity contribution in [2.45, 2.75) is 6.10 Å². The summed E-state index contributed by atoms with van der Waals surface area (Å²) in [7, 11) is 0. The number of amidine groups is 1. The van der Waals surface area contributed by atoms with E-state index in [1.165, 1.54) is 11.3 Å². The van der Waals surface area contributed by atoms with Gasteiger partial charge < -0.3 is 16.2 Å². The first-order valence-electron chi connectivity index (χ1n) is 6.93. The first kappa shape index (κ1) is 15.1. The monoisotopic (exact) mass is 325 g/mol. The summed E-state index contributed by atoms with van der Waals surface area (Å²) in [6.07, 6.45) is -0.846. The molecule has 0 aliphatic rings. The summed E-state index contributed by atoms with van der Waals surface area (Å²) in [6, 6.07) is 16.4. The fourth-order valence-electron chi connectivity index (χ4n) is 2.27. The van der Waals surface area contributed by atoms with Crippen LogP contribution in [0.5, 0.6) is 5.75 Å². The number of carbonyl (C=O) groups excluding carboxylic acids is 1. The van der Waals surface area contributed by atoms with Gasteiger partial charge in [0, 0.05) is 10.3 Å². The normalized spacial score (nSPS) is 12.0. The Labute approximate surface area is 137 Å². The molecule has 6 heteroatoms. The Morgan fingerprint density at radius 2 is 1.83 bits per heavy atom. The molecule has 0 radical (unpaired) electrons. The zero-order valence-electron chi connectivity index (χ0n) is 12.2. The minimum atomic E-state index is -0.846. The number of nitrogens with two attached hydrogens (primary N) is 2. The molecule has 23 heavy (non-hydrogen) atoms. The van der Waals surface area contributed by atoms with Crippen molar-refractivity contribution in [3.8, 4) is 5.75 Å². The number of benzene rings is 2. The Hall–Kier alpha value is -2.86. The largest absolute Gasteiger partial charge is 0.476 e. The second-order valence-electron chi connectivity index (χ2n) is 5.03. The lowest BCUT2D eigenvalue weighted by atomic mass is 10.1. The number of amides is 1. The summed E-state index contributed by atoms with van der Waals surface area (Å²) >= 11 is 1.41. The minimum Gasteiger partial charge on any atom is -0.476 e. The summed E-state index contributed by atoms with van der Waals surface area (Å²) < 4.78 is 6.72. The summed E-state index contributed by atoms with van der Waals surface area (Å²) in [4.78, 5) is 12.4. The second kappa shape index (κ2) is 6.10. The Bertz CT molecular complexity index is 874. The third-order valence-electron chi connectivity index (χ3n) is 3.37. The van der Waals surface area contributed by atoms with Crippen LogP contribution in [-0.4, -0.2) is 11.7 Å². The van der Waals surface area contributed by atoms with Gasteiger partial charge in [0.1, 0.15) is 11.6 Å². The van der Waals surface area contributed by atoms with Gasteiger partial charge in [-0.15, -0.1) is 11.3 Å². The number of carbonyl (C=O) groups is 1. The predicted octanol–water partition coefficient (Wildman–Crippen LogP) is 2.79. The molecule has 1 heterocycles. The molecule has 5 N–H and O–H groups in total. The van der Waals surface area contributed by atoms with E-state index in [1.54, 1.807) is 18.2 Å². The van der Waals surface area contributed by atoms with Gasteiger partial charge in [0.15, 0.2) is 0 Å². The van der Waals surface area contributed by atoms with Gasteiger partial charge >= 0.3 is 0 Å². The van der Waals surface area contributed by atoms with Gasteiger partial charge in [-0.3, -0.25) is 10.2 Å². The van der Waals surface area contributed by atoms with Gasteiger partial charge in [-0.05, 0) is 29.7 Å². The summed E-state index contributed by atoms with van der Waals surface area (Å²) in [5.74, 6) is 0.0296. The maximum Gasteiger partial charge on any atom is 0.263 e. The van der Waals surface area contributed by atoms with Crippen LogP contribution in [0, 0.1) is 5.41 Å². The van der Waals surface area contributed by atoms with Crippen molar-refractivity contribution in [2.24, 2.45) is 11.5 Å². The fraction of sp³-hybridized carbons (Fsp3) is 0.0588. The molecule has 1 unspecified atom stereocenters. The van der Waals surface area contributed by atoms with Gasteiger partial charge in [0.05, 0.1) is 4.88 Å². The molecule has 0 spiro atoms. The molecule has 1 atom stereocenters. The van der Waals surface area contributed by atoms with Gasteiger partial charge in [-0.1, -0.05) is 30.3 Å². The number of ether oxygens (including phenoxy) is 1. The summed E-state index contributed by atoms with van der Waals surface area (Å²) in [5.41, 5.74) is 11.7. The molecule has 5 nitrogen and oxygen atoms in total. The van der Waals surface area contributed by atoms with Crippen LogP contribution in [0.1, 0.15) is 16.5 Å². The highest BCUT2D eigenvalue weighted by atomic mass is 32.1. The van der Waals surface area contributed by atoms with Crippen LogP contribution in [0.2, 0.25) is 0 Å². The Morgan fingerprint density at radius 1 is 1.09 bits per heavy atom. The number of nitrogen functional groups attached to an aromatic ring is 1. The molecule has 0 aliphatic heterocycles. The molecule has 116 valence electrons. The van der Waals surface area contributed by atoms with E-state index in [0.29, 0.717) is 16.2 Å². The van der Waals surface area contributed by atoms with Crippen molar-refractivity contribution in [3.05, 3.63) is 65.0 Å². The maximum absolute atomic E-state index is 11.7.